The number of nitrogens with zero attached hydrogens (tertiary/aromatic N) is 2. The normalized spacial score (nSPS) is 11.6. The lowest BCUT2D eigenvalue weighted by molar-refractivity contribution is 0.474. The Morgan fingerprint density at radius 1 is 1.28 bits per heavy atom. The Morgan fingerprint density at radius 3 is 2.50 bits per heavy atom. The highest BCUT2D eigenvalue weighted by Gasteiger charge is 2.13. The van der Waals surface area contributed by atoms with Crippen molar-refractivity contribution in [2.24, 2.45) is 7.05 Å². The van der Waals surface area contributed by atoms with E-state index in [1.807, 2.05) is 0 Å². The van der Waals surface area contributed by atoms with Gasteiger partial charge in [0, 0.05) is 13.2 Å². The third-order valence-corrected chi connectivity index (χ3v) is 3.78. The molecule has 0 radical (unpaired) electrons. The summed E-state index contributed by atoms with van der Waals surface area (Å²) in [5.41, 5.74) is 0.639. The summed E-state index contributed by atoms with van der Waals surface area (Å²) in [6, 6.07) is 7.08. The summed E-state index contributed by atoms with van der Waals surface area (Å²) >= 11 is 0. The molecule has 0 aliphatic heterocycles. The Bertz CT molecular complexity index is 632. The van der Waals surface area contributed by atoms with Gasteiger partial charge >= 0.3 is 0 Å². The smallest absolute Gasteiger partial charge is 0.240 e. The molecule has 1 heterocycles. The summed E-state index contributed by atoms with van der Waals surface area (Å²) in [6.45, 7) is 0.129. The number of phenolic OH excluding ortho intramolecular Hbond substituents is 1. The number of aryl methyl sites for hydroxylation is 1. The van der Waals surface area contributed by atoms with Crippen LogP contribution in [0.15, 0.2) is 41.4 Å². The molecule has 0 unspecified atom stereocenters. The van der Waals surface area contributed by atoms with Gasteiger partial charge < -0.3 is 5.11 Å². The van der Waals surface area contributed by atoms with Crippen molar-refractivity contribution in [1.82, 2.24) is 14.5 Å². The summed E-state index contributed by atoms with van der Waals surface area (Å²) in [4.78, 5) is 0.108. The fourth-order valence-corrected chi connectivity index (χ4v) is 2.43. The minimum absolute atomic E-state index is 0.0266. The van der Waals surface area contributed by atoms with Gasteiger partial charge in [-0.05, 0) is 30.3 Å². The Morgan fingerprint density at radius 2 is 1.94 bits per heavy atom. The zero-order valence-corrected chi connectivity index (χ0v) is 10.6. The molecule has 0 spiro atoms. The largest absolute Gasteiger partial charge is 0.508 e. The van der Waals surface area contributed by atoms with Crippen LogP contribution < -0.4 is 4.72 Å². The second-order valence-electron chi connectivity index (χ2n) is 3.80. The molecule has 2 rings (SSSR count). The molecule has 0 bridgehead atoms. The van der Waals surface area contributed by atoms with Crippen molar-refractivity contribution in [3.05, 3.63) is 42.2 Å². The number of phenols is 1. The predicted octanol–water partition coefficient (Wildman–Crippen LogP) is 0.604. The molecule has 0 atom stereocenters. The SMILES string of the molecule is Cn1ccc(CNS(=O)(=O)c2ccc(O)cc2)n1. The first-order chi connectivity index (χ1) is 8.47. The molecule has 0 saturated heterocycles. The number of nitrogens with one attached hydrogen (secondary N) is 1. The highest BCUT2D eigenvalue weighted by atomic mass is 32.2. The van der Waals surface area contributed by atoms with Crippen LogP contribution in [0.1, 0.15) is 5.69 Å². The van der Waals surface area contributed by atoms with Crippen molar-refractivity contribution in [1.29, 1.82) is 0 Å². The number of hydrogen-bond acceptors (Lipinski definition) is 4. The molecule has 0 aliphatic rings. The van der Waals surface area contributed by atoms with E-state index in [-0.39, 0.29) is 17.2 Å². The quantitative estimate of drug-likeness (QED) is 0.849. The summed E-state index contributed by atoms with van der Waals surface area (Å²) in [5.74, 6) is 0.0266. The van der Waals surface area contributed by atoms with E-state index in [2.05, 4.69) is 9.82 Å². The van der Waals surface area contributed by atoms with Gasteiger partial charge in [0.1, 0.15) is 5.75 Å². The van der Waals surface area contributed by atoms with E-state index in [1.54, 1.807) is 24.0 Å². The Kier molecular flexibility index (Phi) is 3.35. The van der Waals surface area contributed by atoms with E-state index in [0.717, 1.165) is 0 Å². The maximum atomic E-state index is 11.9. The van der Waals surface area contributed by atoms with Gasteiger partial charge in [-0.25, -0.2) is 13.1 Å². The molecule has 0 fully saturated rings. The van der Waals surface area contributed by atoms with E-state index in [1.165, 1.54) is 24.3 Å². The lowest BCUT2D eigenvalue weighted by Gasteiger charge is -2.05. The molecule has 1 aromatic heterocycles. The molecule has 0 aliphatic carbocycles. The molecule has 1 aromatic carbocycles. The third kappa shape index (κ3) is 2.88. The summed E-state index contributed by atoms with van der Waals surface area (Å²) in [5, 5.41) is 13.2. The lowest BCUT2D eigenvalue weighted by Crippen LogP contribution is -2.23. The van der Waals surface area contributed by atoms with Gasteiger partial charge in [-0.1, -0.05) is 0 Å². The van der Waals surface area contributed by atoms with Crippen LogP contribution in [0.4, 0.5) is 0 Å². The summed E-state index contributed by atoms with van der Waals surface area (Å²) < 4.78 is 27.8. The molecule has 0 amide bonds. The first kappa shape index (κ1) is 12.6. The zero-order valence-electron chi connectivity index (χ0n) is 9.74. The zero-order chi connectivity index (χ0) is 13.2. The van der Waals surface area contributed by atoms with E-state index in [4.69, 9.17) is 5.11 Å². The average Bonchev–Trinajstić information content (AvgIpc) is 2.73. The van der Waals surface area contributed by atoms with Crippen LogP contribution in [0.2, 0.25) is 0 Å². The first-order valence-corrected chi connectivity index (χ1v) is 6.73. The van der Waals surface area contributed by atoms with Crippen LogP contribution in [0.5, 0.6) is 5.75 Å². The van der Waals surface area contributed by atoms with Crippen LogP contribution in [0.3, 0.4) is 0 Å². The molecule has 96 valence electrons. The number of benzene rings is 1. The van der Waals surface area contributed by atoms with Crippen molar-refractivity contribution < 1.29 is 13.5 Å². The fraction of sp³-hybridized carbons (Fsp3) is 0.182. The average molecular weight is 267 g/mol. The van der Waals surface area contributed by atoms with Crippen molar-refractivity contribution in [2.75, 3.05) is 0 Å². The highest BCUT2D eigenvalue weighted by Crippen LogP contribution is 2.14. The van der Waals surface area contributed by atoms with Crippen molar-refractivity contribution >= 4 is 10.0 Å². The predicted molar refractivity (Wildman–Crippen MR) is 65.3 cm³/mol. The minimum Gasteiger partial charge on any atom is -0.508 e. The number of rotatable bonds is 4. The monoisotopic (exact) mass is 267 g/mol. The maximum absolute atomic E-state index is 11.9. The van der Waals surface area contributed by atoms with Crippen LogP contribution in [-0.4, -0.2) is 23.3 Å². The van der Waals surface area contributed by atoms with Crippen LogP contribution in [-0.2, 0) is 23.6 Å². The topological polar surface area (TPSA) is 84.2 Å². The summed E-state index contributed by atoms with van der Waals surface area (Å²) in [7, 11) is -1.81. The number of aromatic hydroxyl groups is 1. The van der Waals surface area contributed by atoms with Crippen molar-refractivity contribution in [3.63, 3.8) is 0 Å². The molecule has 7 heteroatoms. The number of hydrogen-bond donors (Lipinski definition) is 2. The molecular formula is C11H13N3O3S. The fourth-order valence-electron chi connectivity index (χ4n) is 1.44. The van der Waals surface area contributed by atoms with Gasteiger partial charge in [-0.2, -0.15) is 5.10 Å². The lowest BCUT2D eigenvalue weighted by atomic mass is 10.3. The molecule has 2 aromatic rings. The van der Waals surface area contributed by atoms with E-state index >= 15 is 0 Å². The standard InChI is InChI=1S/C11H13N3O3S/c1-14-7-6-9(13-14)8-12-18(16,17)11-4-2-10(15)3-5-11/h2-7,12,15H,8H2,1H3. The van der Waals surface area contributed by atoms with Gasteiger partial charge in [0.05, 0.1) is 17.1 Å². The van der Waals surface area contributed by atoms with Crippen LogP contribution >= 0.6 is 0 Å². The Hall–Kier alpha value is -1.86. The van der Waals surface area contributed by atoms with Gasteiger partial charge in [-0.3, -0.25) is 4.68 Å². The second-order valence-corrected chi connectivity index (χ2v) is 5.57. The molecule has 6 nitrogen and oxygen atoms in total. The Balaban J connectivity index is 2.10. The van der Waals surface area contributed by atoms with E-state index in [9.17, 15) is 8.42 Å². The number of aromatic nitrogens is 2. The van der Waals surface area contributed by atoms with E-state index < -0.39 is 10.0 Å². The summed E-state index contributed by atoms with van der Waals surface area (Å²) in [6.07, 6.45) is 1.74. The van der Waals surface area contributed by atoms with Crippen LogP contribution in [0.25, 0.3) is 0 Å². The molecule has 18 heavy (non-hydrogen) atoms. The molecule has 0 saturated carbocycles. The van der Waals surface area contributed by atoms with Crippen LogP contribution in [0, 0.1) is 0 Å². The maximum Gasteiger partial charge on any atom is 0.240 e. The van der Waals surface area contributed by atoms with Crippen molar-refractivity contribution in [3.8, 4) is 5.75 Å². The van der Waals surface area contributed by atoms with Gasteiger partial charge in [0.25, 0.3) is 0 Å². The van der Waals surface area contributed by atoms with Gasteiger partial charge in [-0.15, -0.1) is 0 Å². The van der Waals surface area contributed by atoms with Gasteiger partial charge in [0.2, 0.25) is 10.0 Å². The second kappa shape index (κ2) is 4.79. The Labute approximate surface area is 105 Å². The first-order valence-electron chi connectivity index (χ1n) is 5.24. The highest BCUT2D eigenvalue weighted by molar-refractivity contribution is 7.89. The minimum atomic E-state index is -3.58. The molecule has 2 N–H and O–H groups in total. The van der Waals surface area contributed by atoms with E-state index in [0.29, 0.717) is 5.69 Å². The number of sulfonamides is 1. The van der Waals surface area contributed by atoms with Crippen molar-refractivity contribution in [2.45, 2.75) is 11.4 Å². The molecular weight excluding hydrogens is 254 g/mol. The third-order valence-electron chi connectivity index (χ3n) is 2.36. The van der Waals surface area contributed by atoms with Gasteiger partial charge in [0.15, 0.2) is 0 Å².